The predicted octanol–water partition coefficient (Wildman–Crippen LogP) is 3.60. The van der Waals surface area contributed by atoms with Crippen LogP contribution in [-0.4, -0.2) is 30.6 Å². The van der Waals surface area contributed by atoms with Crippen LogP contribution in [0.1, 0.15) is 30.9 Å². The monoisotopic (exact) mass is 426 g/mol. The van der Waals surface area contributed by atoms with Gasteiger partial charge in [-0.3, -0.25) is 4.99 Å². The average Bonchev–Trinajstić information content (AvgIpc) is 3.25. The highest BCUT2D eigenvalue weighted by atomic mass is 127. The molecule has 3 rings (SSSR count). The zero-order chi connectivity index (χ0) is 15.4. The molecule has 0 aliphatic heterocycles. The van der Waals surface area contributed by atoms with Gasteiger partial charge in [-0.05, 0) is 56.2 Å². The summed E-state index contributed by atoms with van der Waals surface area (Å²) in [6.07, 6.45) is 5.82. The van der Waals surface area contributed by atoms with E-state index < -0.39 is 0 Å². The third-order valence-electron chi connectivity index (χ3n) is 4.23. The Kier molecular flexibility index (Phi) is 6.74. The summed E-state index contributed by atoms with van der Waals surface area (Å²) in [7, 11) is 0. The molecule has 126 valence electrons. The van der Waals surface area contributed by atoms with Crippen LogP contribution >= 0.6 is 24.0 Å². The Hall–Kier alpha value is -1.24. The quantitative estimate of drug-likeness (QED) is 0.376. The number of nitrogens with one attached hydrogen (secondary N) is 3. The van der Waals surface area contributed by atoms with Gasteiger partial charge in [0.15, 0.2) is 5.96 Å². The maximum Gasteiger partial charge on any atom is 0.191 e. The minimum atomic E-state index is 0. The second kappa shape index (κ2) is 8.57. The van der Waals surface area contributed by atoms with Crippen molar-refractivity contribution >= 4 is 40.8 Å². The zero-order valence-corrected chi connectivity index (χ0v) is 16.3. The Morgan fingerprint density at radius 3 is 2.87 bits per heavy atom. The second-order valence-corrected chi connectivity index (χ2v) is 6.15. The van der Waals surface area contributed by atoms with E-state index in [-0.39, 0.29) is 24.0 Å². The SMILES string of the molecule is CCNC(=NCC1CC1)NCCc1c[nH]c2cccc(C)c12.I. The molecule has 0 atom stereocenters. The molecule has 2 aromatic rings. The number of rotatable bonds is 6. The highest BCUT2D eigenvalue weighted by molar-refractivity contribution is 14.0. The van der Waals surface area contributed by atoms with Crippen LogP contribution in [0.15, 0.2) is 29.4 Å². The van der Waals surface area contributed by atoms with E-state index in [1.54, 1.807) is 0 Å². The number of aliphatic imine (C=N–C) groups is 1. The van der Waals surface area contributed by atoms with Crippen LogP contribution in [0.2, 0.25) is 0 Å². The van der Waals surface area contributed by atoms with Gasteiger partial charge < -0.3 is 15.6 Å². The Labute approximate surface area is 155 Å². The highest BCUT2D eigenvalue weighted by Crippen LogP contribution is 2.28. The third-order valence-corrected chi connectivity index (χ3v) is 4.23. The van der Waals surface area contributed by atoms with Crippen LogP contribution in [-0.2, 0) is 6.42 Å². The minimum absolute atomic E-state index is 0. The number of H-pyrrole nitrogens is 1. The van der Waals surface area contributed by atoms with Gasteiger partial charge in [0.25, 0.3) is 0 Å². The molecular weight excluding hydrogens is 399 g/mol. The molecule has 0 saturated heterocycles. The maximum absolute atomic E-state index is 4.66. The van der Waals surface area contributed by atoms with Gasteiger partial charge in [0, 0.05) is 36.7 Å². The van der Waals surface area contributed by atoms with Gasteiger partial charge in [0.05, 0.1) is 0 Å². The van der Waals surface area contributed by atoms with Crippen molar-refractivity contribution in [1.82, 2.24) is 15.6 Å². The van der Waals surface area contributed by atoms with E-state index in [2.05, 4.69) is 58.9 Å². The Morgan fingerprint density at radius 2 is 2.13 bits per heavy atom. The fourth-order valence-corrected chi connectivity index (χ4v) is 2.83. The smallest absolute Gasteiger partial charge is 0.191 e. The molecule has 1 aliphatic rings. The van der Waals surface area contributed by atoms with Gasteiger partial charge in [0.1, 0.15) is 0 Å². The topological polar surface area (TPSA) is 52.2 Å². The fourth-order valence-electron chi connectivity index (χ4n) is 2.83. The van der Waals surface area contributed by atoms with E-state index in [0.29, 0.717) is 0 Å². The Morgan fingerprint density at radius 1 is 1.30 bits per heavy atom. The van der Waals surface area contributed by atoms with Crippen LogP contribution < -0.4 is 10.6 Å². The lowest BCUT2D eigenvalue weighted by molar-refractivity contribution is 0.778. The number of hydrogen-bond acceptors (Lipinski definition) is 1. The molecule has 0 bridgehead atoms. The summed E-state index contributed by atoms with van der Waals surface area (Å²) in [5.41, 5.74) is 3.94. The summed E-state index contributed by atoms with van der Waals surface area (Å²) in [6.45, 7) is 7.05. The zero-order valence-electron chi connectivity index (χ0n) is 14.0. The van der Waals surface area contributed by atoms with E-state index in [1.807, 2.05) is 0 Å². The molecule has 1 saturated carbocycles. The largest absolute Gasteiger partial charge is 0.361 e. The first kappa shape index (κ1) is 18.1. The fraction of sp³-hybridized carbons (Fsp3) is 0.500. The van der Waals surface area contributed by atoms with Gasteiger partial charge in [-0.15, -0.1) is 24.0 Å². The molecule has 0 radical (unpaired) electrons. The van der Waals surface area contributed by atoms with Crippen LogP contribution in [0.3, 0.4) is 0 Å². The number of aryl methyl sites for hydroxylation is 1. The lowest BCUT2D eigenvalue weighted by Gasteiger charge is -2.11. The van der Waals surface area contributed by atoms with Gasteiger partial charge in [-0.25, -0.2) is 0 Å². The first-order valence-electron chi connectivity index (χ1n) is 8.35. The predicted molar refractivity (Wildman–Crippen MR) is 109 cm³/mol. The molecule has 3 N–H and O–H groups in total. The molecule has 0 amide bonds. The van der Waals surface area contributed by atoms with E-state index >= 15 is 0 Å². The van der Waals surface area contributed by atoms with Crippen LogP contribution in [0.25, 0.3) is 10.9 Å². The van der Waals surface area contributed by atoms with Crippen LogP contribution in [0, 0.1) is 12.8 Å². The van der Waals surface area contributed by atoms with E-state index in [1.165, 1.54) is 34.9 Å². The summed E-state index contributed by atoms with van der Waals surface area (Å²) in [5.74, 6) is 1.78. The summed E-state index contributed by atoms with van der Waals surface area (Å²) in [5, 5.41) is 8.14. The van der Waals surface area contributed by atoms with Crippen LogP contribution in [0.4, 0.5) is 0 Å². The number of fused-ring (bicyclic) bond motifs is 1. The number of hydrogen-bond donors (Lipinski definition) is 3. The molecule has 5 heteroatoms. The number of aromatic nitrogens is 1. The summed E-state index contributed by atoms with van der Waals surface area (Å²) in [4.78, 5) is 8.03. The first-order valence-corrected chi connectivity index (χ1v) is 8.35. The van der Waals surface area contributed by atoms with E-state index in [9.17, 15) is 0 Å². The molecular formula is C18H27IN4. The van der Waals surface area contributed by atoms with Crippen molar-refractivity contribution in [2.75, 3.05) is 19.6 Å². The van der Waals surface area contributed by atoms with Crippen molar-refractivity contribution in [3.63, 3.8) is 0 Å². The summed E-state index contributed by atoms with van der Waals surface area (Å²) in [6, 6.07) is 6.42. The normalized spacial score (nSPS) is 14.6. The summed E-state index contributed by atoms with van der Waals surface area (Å²) >= 11 is 0. The van der Waals surface area contributed by atoms with Gasteiger partial charge in [-0.1, -0.05) is 12.1 Å². The molecule has 1 fully saturated rings. The summed E-state index contributed by atoms with van der Waals surface area (Å²) < 4.78 is 0. The number of benzene rings is 1. The number of halogens is 1. The standard InChI is InChI=1S/C18H26N4.HI/c1-3-19-18(22-11-14-7-8-14)20-10-9-15-12-21-16-6-4-5-13(2)17(15)16;/h4-6,12,14,21H,3,7-11H2,1-2H3,(H2,19,20,22);1H. The molecule has 0 unspecified atom stereocenters. The molecule has 1 aromatic heterocycles. The van der Waals surface area contributed by atoms with Gasteiger partial charge >= 0.3 is 0 Å². The van der Waals surface area contributed by atoms with E-state index in [4.69, 9.17) is 0 Å². The number of aromatic amines is 1. The maximum atomic E-state index is 4.66. The highest BCUT2D eigenvalue weighted by Gasteiger charge is 2.20. The molecule has 0 spiro atoms. The first-order chi connectivity index (χ1) is 10.8. The second-order valence-electron chi connectivity index (χ2n) is 6.15. The van der Waals surface area contributed by atoms with Crippen molar-refractivity contribution in [3.8, 4) is 0 Å². The van der Waals surface area contributed by atoms with Crippen molar-refractivity contribution in [2.24, 2.45) is 10.9 Å². The van der Waals surface area contributed by atoms with Gasteiger partial charge in [-0.2, -0.15) is 0 Å². The van der Waals surface area contributed by atoms with E-state index in [0.717, 1.165) is 37.9 Å². The average molecular weight is 426 g/mol. The van der Waals surface area contributed by atoms with Crippen LogP contribution in [0.5, 0.6) is 0 Å². The van der Waals surface area contributed by atoms with Gasteiger partial charge in [0.2, 0.25) is 0 Å². The minimum Gasteiger partial charge on any atom is -0.361 e. The van der Waals surface area contributed by atoms with Crippen molar-refractivity contribution < 1.29 is 0 Å². The Balaban J connectivity index is 0.00000192. The van der Waals surface area contributed by atoms with Crippen molar-refractivity contribution in [1.29, 1.82) is 0 Å². The Bertz CT molecular complexity index is 658. The lowest BCUT2D eigenvalue weighted by atomic mass is 10.1. The van der Waals surface area contributed by atoms with Crippen molar-refractivity contribution in [3.05, 3.63) is 35.5 Å². The molecule has 1 heterocycles. The number of nitrogens with zero attached hydrogens (tertiary/aromatic N) is 1. The van der Waals surface area contributed by atoms with Crippen molar-refractivity contribution in [2.45, 2.75) is 33.1 Å². The third kappa shape index (κ3) is 4.86. The lowest BCUT2D eigenvalue weighted by Crippen LogP contribution is -2.38. The molecule has 1 aromatic carbocycles. The molecule has 4 nitrogen and oxygen atoms in total. The molecule has 1 aliphatic carbocycles. The number of guanidine groups is 1. The molecule has 23 heavy (non-hydrogen) atoms.